The average molecular weight is 313 g/mol. The van der Waals surface area contributed by atoms with Gasteiger partial charge in [-0.2, -0.15) is 0 Å². The number of benzene rings is 2. The van der Waals surface area contributed by atoms with Gasteiger partial charge in [-0.05, 0) is 30.2 Å². The topological polar surface area (TPSA) is 49.8 Å². The second kappa shape index (κ2) is 7.79. The molecule has 2 atom stereocenters. The number of aliphatic hydroxyl groups excluding tert-OH is 1. The minimum atomic E-state index is -0.707. The van der Waals surface area contributed by atoms with Gasteiger partial charge in [-0.1, -0.05) is 42.5 Å². The maximum absolute atomic E-state index is 12.4. The average Bonchev–Trinajstić information content (AvgIpc) is 2.61. The zero-order valence-corrected chi connectivity index (χ0v) is 13.8. The lowest BCUT2D eigenvalue weighted by atomic mass is 10.0. The van der Waals surface area contributed by atoms with Gasteiger partial charge in [-0.15, -0.1) is 0 Å². The van der Waals surface area contributed by atoms with Crippen LogP contribution < -0.4 is 4.74 Å². The predicted octanol–water partition coefficient (Wildman–Crippen LogP) is 2.82. The molecule has 2 aromatic carbocycles. The van der Waals surface area contributed by atoms with Crippen molar-refractivity contribution in [3.8, 4) is 5.75 Å². The van der Waals surface area contributed by atoms with Crippen molar-refractivity contribution in [1.82, 2.24) is 4.90 Å². The van der Waals surface area contributed by atoms with Crippen LogP contribution in [0.2, 0.25) is 0 Å². The monoisotopic (exact) mass is 313 g/mol. The number of nitrogens with zero attached hydrogens (tertiary/aromatic N) is 1. The van der Waals surface area contributed by atoms with Crippen molar-refractivity contribution in [2.75, 3.05) is 14.2 Å². The van der Waals surface area contributed by atoms with E-state index in [0.717, 1.165) is 16.9 Å². The molecule has 0 aromatic heterocycles. The summed E-state index contributed by atoms with van der Waals surface area (Å²) in [6, 6.07) is 16.5. The Balaban J connectivity index is 2.00. The van der Waals surface area contributed by atoms with E-state index >= 15 is 0 Å². The third-order valence-corrected chi connectivity index (χ3v) is 4.12. The molecule has 0 aliphatic heterocycles. The number of carbonyl (C=O) groups is 1. The molecule has 23 heavy (non-hydrogen) atoms. The van der Waals surface area contributed by atoms with Gasteiger partial charge in [0.25, 0.3) is 0 Å². The molecule has 122 valence electrons. The van der Waals surface area contributed by atoms with Crippen molar-refractivity contribution in [2.45, 2.75) is 25.5 Å². The molecule has 0 heterocycles. The summed E-state index contributed by atoms with van der Waals surface area (Å²) in [6.45, 7) is 1.85. The highest BCUT2D eigenvalue weighted by Gasteiger charge is 2.23. The number of ether oxygens (including phenoxy) is 1. The van der Waals surface area contributed by atoms with Crippen LogP contribution in [-0.2, 0) is 11.2 Å². The van der Waals surface area contributed by atoms with E-state index in [-0.39, 0.29) is 11.9 Å². The Morgan fingerprint density at radius 1 is 1.13 bits per heavy atom. The molecule has 0 aliphatic carbocycles. The molecular formula is C19H23NO3. The van der Waals surface area contributed by atoms with Crippen LogP contribution >= 0.6 is 0 Å². The van der Waals surface area contributed by atoms with Crippen LogP contribution in [0.15, 0.2) is 54.6 Å². The maximum atomic E-state index is 12.4. The summed E-state index contributed by atoms with van der Waals surface area (Å²) >= 11 is 0. The number of rotatable bonds is 6. The van der Waals surface area contributed by atoms with Gasteiger partial charge in [0.15, 0.2) is 0 Å². The van der Waals surface area contributed by atoms with Crippen LogP contribution in [0.25, 0.3) is 0 Å². The Hall–Kier alpha value is -2.33. The zero-order valence-electron chi connectivity index (χ0n) is 13.8. The maximum Gasteiger partial charge on any atom is 0.227 e. The molecule has 0 unspecified atom stereocenters. The fourth-order valence-electron chi connectivity index (χ4n) is 2.41. The largest absolute Gasteiger partial charge is 0.497 e. The van der Waals surface area contributed by atoms with Crippen molar-refractivity contribution in [3.63, 3.8) is 0 Å². The number of hydrogen-bond acceptors (Lipinski definition) is 3. The molecule has 1 amide bonds. The first-order valence-corrected chi connectivity index (χ1v) is 7.64. The lowest BCUT2D eigenvalue weighted by Gasteiger charge is -2.29. The molecule has 0 bridgehead atoms. The summed E-state index contributed by atoms with van der Waals surface area (Å²) in [5.74, 6) is 0.736. The molecular weight excluding hydrogens is 290 g/mol. The van der Waals surface area contributed by atoms with Crippen LogP contribution in [0.4, 0.5) is 0 Å². The van der Waals surface area contributed by atoms with E-state index in [1.807, 2.05) is 61.5 Å². The van der Waals surface area contributed by atoms with Crippen LogP contribution in [-0.4, -0.2) is 36.1 Å². The van der Waals surface area contributed by atoms with Crippen molar-refractivity contribution < 1.29 is 14.6 Å². The fraction of sp³-hybridized carbons (Fsp3) is 0.316. The highest BCUT2D eigenvalue weighted by molar-refractivity contribution is 5.78. The molecule has 0 saturated carbocycles. The molecule has 1 N–H and O–H groups in total. The fourth-order valence-corrected chi connectivity index (χ4v) is 2.41. The van der Waals surface area contributed by atoms with E-state index in [1.54, 1.807) is 19.1 Å². The van der Waals surface area contributed by atoms with Crippen molar-refractivity contribution in [1.29, 1.82) is 0 Å². The Labute approximate surface area is 137 Å². The second-order valence-electron chi connectivity index (χ2n) is 5.63. The molecule has 0 radical (unpaired) electrons. The predicted molar refractivity (Wildman–Crippen MR) is 90.3 cm³/mol. The molecule has 4 nitrogen and oxygen atoms in total. The number of carbonyl (C=O) groups excluding carboxylic acids is 1. The normalized spacial score (nSPS) is 13.2. The van der Waals surface area contributed by atoms with E-state index < -0.39 is 6.10 Å². The van der Waals surface area contributed by atoms with Crippen molar-refractivity contribution >= 4 is 5.91 Å². The summed E-state index contributed by atoms with van der Waals surface area (Å²) < 4.78 is 5.11. The highest BCUT2D eigenvalue weighted by atomic mass is 16.5. The summed E-state index contributed by atoms with van der Waals surface area (Å²) in [5.41, 5.74) is 1.73. The standard InChI is InChI=1S/C19H23NO3/c1-14(19(22)16-7-5-4-6-8-16)20(2)18(21)13-15-9-11-17(23-3)12-10-15/h4-12,14,19,22H,13H2,1-3H3/t14-,19+/m1/s1. The molecule has 0 fully saturated rings. The van der Waals surface area contributed by atoms with Crippen molar-refractivity contribution in [2.24, 2.45) is 0 Å². The van der Waals surface area contributed by atoms with E-state index in [4.69, 9.17) is 4.74 Å². The van der Waals surface area contributed by atoms with E-state index in [9.17, 15) is 9.90 Å². The SMILES string of the molecule is COc1ccc(CC(=O)N(C)[C@H](C)[C@H](O)c2ccccc2)cc1. The van der Waals surface area contributed by atoms with Gasteiger partial charge in [-0.3, -0.25) is 4.79 Å². The van der Waals surface area contributed by atoms with Crippen LogP contribution in [0, 0.1) is 0 Å². The van der Waals surface area contributed by atoms with Crippen LogP contribution in [0.5, 0.6) is 5.75 Å². The van der Waals surface area contributed by atoms with Crippen LogP contribution in [0.1, 0.15) is 24.2 Å². The Morgan fingerprint density at radius 2 is 1.74 bits per heavy atom. The Kier molecular flexibility index (Phi) is 5.77. The molecule has 2 rings (SSSR count). The van der Waals surface area contributed by atoms with Gasteiger partial charge in [0.2, 0.25) is 5.91 Å². The lowest BCUT2D eigenvalue weighted by Crippen LogP contribution is -2.39. The van der Waals surface area contributed by atoms with Gasteiger partial charge in [0.1, 0.15) is 5.75 Å². The van der Waals surface area contributed by atoms with Crippen molar-refractivity contribution in [3.05, 3.63) is 65.7 Å². The molecule has 2 aromatic rings. The highest BCUT2D eigenvalue weighted by Crippen LogP contribution is 2.20. The smallest absolute Gasteiger partial charge is 0.227 e. The second-order valence-corrected chi connectivity index (χ2v) is 5.63. The third-order valence-electron chi connectivity index (χ3n) is 4.12. The van der Waals surface area contributed by atoms with Gasteiger partial charge in [0, 0.05) is 7.05 Å². The van der Waals surface area contributed by atoms with Gasteiger partial charge in [-0.25, -0.2) is 0 Å². The number of amides is 1. The third kappa shape index (κ3) is 4.33. The summed E-state index contributed by atoms with van der Waals surface area (Å²) in [5, 5.41) is 10.4. The minimum Gasteiger partial charge on any atom is -0.497 e. The first-order chi connectivity index (χ1) is 11.0. The minimum absolute atomic E-state index is 0.0300. The quantitative estimate of drug-likeness (QED) is 0.892. The summed E-state index contributed by atoms with van der Waals surface area (Å²) in [6.07, 6.45) is -0.409. The number of hydrogen-bond donors (Lipinski definition) is 1. The van der Waals surface area contributed by atoms with Gasteiger partial charge in [0.05, 0.1) is 25.7 Å². The Bertz CT molecular complexity index is 625. The van der Waals surface area contributed by atoms with E-state index in [0.29, 0.717) is 6.42 Å². The van der Waals surface area contributed by atoms with Crippen LogP contribution in [0.3, 0.4) is 0 Å². The summed E-state index contributed by atoms with van der Waals surface area (Å²) in [4.78, 5) is 14.0. The first kappa shape index (κ1) is 17.0. The van der Waals surface area contributed by atoms with Gasteiger partial charge >= 0.3 is 0 Å². The molecule has 0 aliphatic rings. The molecule has 0 spiro atoms. The molecule has 0 saturated heterocycles. The number of likely N-dealkylation sites (N-methyl/N-ethyl adjacent to an activating group) is 1. The zero-order chi connectivity index (χ0) is 16.8. The first-order valence-electron chi connectivity index (χ1n) is 7.64. The Morgan fingerprint density at radius 3 is 2.30 bits per heavy atom. The van der Waals surface area contributed by atoms with E-state index in [1.165, 1.54) is 0 Å². The summed E-state index contributed by atoms with van der Waals surface area (Å²) in [7, 11) is 3.34. The molecule has 4 heteroatoms. The lowest BCUT2D eigenvalue weighted by molar-refractivity contribution is -0.133. The number of aliphatic hydroxyl groups is 1. The van der Waals surface area contributed by atoms with Gasteiger partial charge < -0.3 is 14.7 Å². The number of methoxy groups -OCH3 is 1. The van der Waals surface area contributed by atoms with E-state index in [2.05, 4.69) is 0 Å².